The zero-order valence-electron chi connectivity index (χ0n) is 11.6. The highest BCUT2D eigenvalue weighted by Gasteiger charge is 2.26. The number of hydrogen-bond acceptors (Lipinski definition) is 3. The number of H-pyrrole nitrogens is 1. The van der Waals surface area contributed by atoms with Crippen molar-refractivity contribution in [1.82, 2.24) is 15.1 Å². The number of aromatic nitrogens is 2. The fraction of sp³-hybridized carbons (Fsp3) is 0.286. The molecule has 0 saturated heterocycles. The Morgan fingerprint density at radius 3 is 2.67 bits per heavy atom. The van der Waals surface area contributed by atoms with Crippen LogP contribution >= 0.6 is 23.2 Å². The van der Waals surface area contributed by atoms with Crippen molar-refractivity contribution >= 4 is 29.2 Å². The molecule has 21 heavy (non-hydrogen) atoms. The Hall–Kier alpha value is -1.56. The fourth-order valence-corrected chi connectivity index (χ4v) is 2.47. The lowest BCUT2D eigenvalue weighted by Crippen LogP contribution is -2.30. The second-order valence-electron chi connectivity index (χ2n) is 4.85. The summed E-state index contributed by atoms with van der Waals surface area (Å²) < 4.78 is 0. The average Bonchev–Trinajstić information content (AvgIpc) is 2.79. The van der Waals surface area contributed by atoms with Crippen LogP contribution in [0.2, 0.25) is 10.0 Å². The molecule has 112 valence electrons. The molecule has 0 fully saturated rings. The number of aryl methyl sites for hydroxylation is 1. The van der Waals surface area contributed by atoms with Gasteiger partial charge in [0.15, 0.2) is 0 Å². The van der Waals surface area contributed by atoms with Gasteiger partial charge in [0.1, 0.15) is 6.04 Å². The van der Waals surface area contributed by atoms with Crippen LogP contribution in [0.25, 0.3) is 0 Å². The number of rotatable bonds is 5. The van der Waals surface area contributed by atoms with Crippen LogP contribution in [0.4, 0.5) is 0 Å². The van der Waals surface area contributed by atoms with E-state index >= 15 is 0 Å². The van der Waals surface area contributed by atoms with Gasteiger partial charge in [0.2, 0.25) is 0 Å². The summed E-state index contributed by atoms with van der Waals surface area (Å²) in [6, 6.07) is 4.05. The molecule has 1 unspecified atom stereocenters. The van der Waals surface area contributed by atoms with Crippen molar-refractivity contribution in [2.75, 3.05) is 7.05 Å². The summed E-state index contributed by atoms with van der Waals surface area (Å²) in [7, 11) is 1.74. The monoisotopic (exact) mass is 327 g/mol. The lowest BCUT2D eigenvalue weighted by molar-refractivity contribution is -0.143. The second kappa shape index (κ2) is 6.47. The minimum Gasteiger partial charge on any atom is -0.480 e. The van der Waals surface area contributed by atoms with E-state index in [9.17, 15) is 9.90 Å². The van der Waals surface area contributed by atoms with Crippen molar-refractivity contribution in [3.8, 4) is 0 Å². The van der Waals surface area contributed by atoms with Gasteiger partial charge in [0.05, 0.1) is 16.2 Å². The number of nitrogens with zero attached hydrogens (tertiary/aromatic N) is 2. The molecule has 0 radical (unpaired) electrons. The normalized spacial score (nSPS) is 12.6. The SMILES string of the molecule is Cc1[nH]ncc1CN(C)C(C(=O)O)c1ccc(Cl)c(Cl)c1. The highest BCUT2D eigenvalue weighted by Crippen LogP contribution is 2.29. The van der Waals surface area contributed by atoms with E-state index in [4.69, 9.17) is 23.2 Å². The maximum Gasteiger partial charge on any atom is 0.325 e. The maximum atomic E-state index is 11.6. The predicted molar refractivity (Wildman–Crippen MR) is 81.6 cm³/mol. The smallest absolute Gasteiger partial charge is 0.325 e. The van der Waals surface area contributed by atoms with E-state index in [1.54, 1.807) is 36.3 Å². The Labute approximate surface area is 132 Å². The molecule has 7 heteroatoms. The summed E-state index contributed by atoms with van der Waals surface area (Å²) in [6.45, 7) is 2.35. The molecule has 0 aliphatic carbocycles. The number of likely N-dealkylation sites (N-methyl/N-ethyl adjacent to an activating group) is 1. The molecule has 0 saturated carbocycles. The van der Waals surface area contributed by atoms with Crippen molar-refractivity contribution in [3.05, 3.63) is 51.3 Å². The summed E-state index contributed by atoms with van der Waals surface area (Å²) in [6.07, 6.45) is 1.69. The second-order valence-corrected chi connectivity index (χ2v) is 5.66. The van der Waals surface area contributed by atoms with Crippen molar-refractivity contribution in [1.29, 1.82) is 0 Å². The molecule has 2 N–H and O–H groups in total. The Kier molecular flexibility index (Phi) is 4.88. The highest BCUT2D eigenvalue weighted by atomic mass is 35.5. The number of aromatic amines is 1. The molecule has 0 aliphatic rings. The zero-order valence-corrected chi connectivity index (χ0v) is 13.1. The van der Waals surface area contributed by atoms with Gasteiger partial charge >= 0.3 is 5.97 Å². The number of nitrogens with one attached hydrogen (secondary N) is 1. The molecule has 1 atom stereocenters. The molecule has 1 aromatic heterocycles. The van der Waals surface area contributed by atoms with Crippen LogP contribution in [0.1, 0.15) is 22.9 Å². The number of benzene rings is 1. The minimum absolute atomic E-state index is 0.341. The van der Waals surface area contributed by atoms with Crippen LogP contribution in [0.3, 0.4) is 0 Å². The van der Waals surface area contributed by atoms with Crippen LogP contribution in [0.5, 0.6) is 0 Å². The first-order valence-electron chi connectivity index (χ1n) is 6.27. The highest BCUT2D eigenvalue weighted by molar-refractivity contribution is 6.42. The molecular weight excluding hydrogens is 313 g/mol. The number of aliphatic carboxylic acids is 1. The summed E-state index contributed by atoms with van der Waals surface area (Å²) in [5.74, 6) is -0.947. The van der Waals surface area contributed by atoms with Gasteiger partial charge in [-0.25, -0.2) is 0 Å². The van der Waals surface area contributed by atoms with Crippen molar-refractivity contribution < 1.29 is 9.90 Å². The molecule has 0 aliphatic heterocycles. The van der Waals surface area contributed by atoms with Gasteiger partial charge < -0.3 is 5.11 Å². The van der Waals surface area contributed by atoms with E-state index in [2.05, 4.69) is 10.2 Å². The number of halogens is 2. The van der Waals surface area contributed by atoms with E-state index in [1.807, 2.05) is 6.92 Å². The Bertz CT molecular complexity index is 657. The molecule has 0 amide bonds. The molecule has 1 aromatic carbocycles. The predicted octanol–water partition coefficient (Wildman–Crippen LogP) is 3.28. The van der Waals surface area contributed by atoms with Crippen LogP contribution in [0, 0.1) is 6.92 Å². The number of carboxylic acids is 1. The summed E-state index contributed by atoms with van der Waals surface area (Å²) >= 11 is 11.9. The van der Waals surface area contributed by atoms with Gasteiger partial charge in [-0.2, -0.15) is 5.10 Å². The Balaban J connectivity index is 2.28. The van der Waals surface area contributed by atoms with E-state index < -0.39 is 12.0 Å². The van der Waals surface area contributed by atoms with Crippen LogP contribution < -0.4 is 0 Å². The molecule has 2 aromatic rings. The lowest BCUT2D eigenvalue weighted by Gasteiger charge is -2.25. The maximum absolute atomic E-state index is 11.6. The van der Waals surface area contributed by atoms with E-state index in [1.165, 1.54) is 0 Å². The van der Waals surface area contributed by atoms with Gasteiger partial charge in [-0.3, -0.25) is 14.8 Å². The van der Waals surface area contributed by atoms with Crippen LogP contribution in [0.15, 0.2) is 24.4 Å². The first-order chi connectivity index (χ1) is 9.90. The van der Waals surface area contributed by atoms with Gasteiger partial charge in [-0.15, -0.1) is 0 Å². The van der Waals surface area contributed by atoms with Crippen LogP contribution in [-0.4, -0.2) is 33.2 Å². The standard InChI is InChI=1S/C14H15Cl2N3O2/c1-8-10(6-17-18-8)7-19(2)13(14(20)21)9-3-4-11(15)12(16)5-9/h3-6,13H,7H2,1-2H3,(H,17,18)(H,20,21). The summed E-state index contributed by atoms with van der Waals surface area (Å²) in [5.41, 5.74) is 2.45. The molecule has 5 nitrogen and oxygen atoms in total. The third-order valence-corrected chi connectivity index (χ3v) is 4.03. The van der Waals surface area contributed by atoms with Crippen molar-refractivity contribution in [2.24, 2.45) is 0 Å². The van der Waals surface area contributed by atoms with Gasteiger partial charge in [-0.05, 0) is 31.7 Å². The third-order valence-electron chi connectivity index (χ3n) is 3.29. The summed E-state index contributed by atoms with van der Waals surface area (Å²) in [4.78, 5) is 13.3. The van der Waals surface area contributed by atoms with Gasteiger partial charge in [-0.1, -0.05) is 29.3 Å². The first-order valence-corrected chi connectivity index (χ1v) is 7.02. The molecular formula is C14H15Cl2N3O2. The minimum atomic E-state index is -0.947. The van der Waals surface area contributed by atoms with E-state index in [-0.39, 0.29) is 0 Å². The van der Waals surface area contributed by atoms with Crippen molar-refractivity contribution in [3.63, 3.8) is 0 Å². The third kappa shape index (κ3) is 3.56. The quantitative estimate of drug-likeness (QED) is 0.884. The first kappa shape index (κ1) is 15.8. The van der Waals surface area contributed by atoms with E-state index in [0.717, 1.165) is 11.3 Å². The molecule has 0 bridgehead atoms. The fourth-order valence-electron chi connectivity index (χ4n) is 2.16. The number of carbonyl (C=O) groups is 1. The Morgan fingerprint density at radius 1 is 1.43 bits per heavy atom. The van der Waals surface area contributed by atoms with Gasteiger partial charge in [0.25, 0.3) is 0 Å². The largest absolute Gasteiger partial charge is 0.480 e. The topological polar surface area (TPSA) is 69.2 Å². The van der Waals surface area contributed by atoms with Crippen molar-refractivity contribution in [2.45, 2.75) is 19.5 Å². The van der Waals surface area contributed by atoms with Gasteiger partial charge in [0, 0.05) is 17.8 Å². The molecule has 0 spiro atoms. The number of carboxylic acid groups (broad SMARTS) is 1. The Morgan fingerprint density at radius 2 is 2.14 bits per heavy atom. The lowest BCUT2D eigenvalue weighted by atomic mass is 10.1. The number of hydrogen-bond donors (Lipinski definition) is 2. The molecule has 1 heterocycles. The zero-order chi connectivity index (χ0) is 15.6. The molecule has 2 rings (SSSR count). The summed E-state index contributed by atoms with van der Waals surface area (Å²) in [5, 5.41) is 17.0. The van der Waals surface area contributed by atoms with E-state index in [0.29, 0.717) is 22.2 Å². The van der Waals surface area contributed by atoms with Crippen LogP contribution in [-0.2, 0) is 11.3 Å². The average molecular weight is 328 g/mol.